The van der Waals surface area contributed by atoms with Gasteiger partial charge in [-0.15, -0.1) is 0 Å². The first-order valence-electron chi connectivity index (χ1n) is 7.38. The van der Waals surface area contributed by atoms with E-state index in [2.05, 4.69) is 18.6 Å². The van der Waals surface area contributed by atoms with Crippen molar-refractivity contribution in [2.45, 2.75) is 70.9 Å². The lowest BCUT2D eigenvalue weighted by Crippen LogP contribution is -2.39. The number of aliphatic hydroxyl groups excluding tert-OH is 1. The molecule has 1 aliphatic rings. The van der Waals surface area contributed by atoms with Gasteiger partial charge in [-0.3, -0.25) is 0 Å². The minimum Gasteiger partial charge on any atom is -0.465 e. The Morgan fingerprint density at radius 3 is 2.33 bits per heavy atom. The van der Waals surface area contributed by atoms with Crippen molar-refractivity contribution in [1.82, 2.24) is 4.72 Å². The molecule has 0 amide bonds. The second-order valence-corrected chi connectivity index (χ2v) is 8.39. The molecule has 5 nitrogen and oxygen atoms in total. The monoisotopic (exact) mass is 315 g/mol. The van der Waals surface area contributed by atoms with Crippen LogP contribution in [0.25, 0.3) is 0 Å². The Morgan fingerprint density at radius 1 is 1.24 bits per heavy atom. The summed E-state index contributed by atoms with van der Waals surface area (Å²) < 4.78 is 33.3. The first kappa shape index (κ1) is 16.5. The zero-order valence-electron chi connectivity index (χ0n) is 13.2. The molecule has 0 aliphatic heterocycles. The fourth-order valence-corrected chi connectivity index (χ4v) is 4.79. The first-order valence-corrected chi connectivity index (χ1v) is 8.87. The summed E-state index contributed by atoms with van der Waals surface area (Å²) in [5, 5.41) is 9.40. The lowest BCUT2D eigenvalue weighted by Gasteiger charge is -2.34. The van der Waals surface area contributed by atoms with E-state index < -0.39 is 10.0 Å². The summed E-state index contributed by atoms with van der Waals surface area (Å²) in [4.78, 5) is 0.104. The van der Waals surface area contributed by atoms with Crippen molar-refractivity contribution in [3.8, 4) is 0 Å². The van der Waals surface area contributed by atoms with Crippen molar-refractivity contribution in [2.24, 2.45) is 5.41 Å². The zero-order chi connectivity index (χ0) is 15.8. The number of hydrogen-bond donors (Lipinski definition) is 2. The highest BCUT2D eigenvalue weighted by atomic mass is 32.2. The summed E-state index contributed by atoms with van der Waals surface area (Å²) in [6.07, 6.45) is 3.71. The molecular formula is C15H25NO4S. The number of aryl methyl sites for hydroxylation is 2. The van der Waals surface area contributed by atoms with Gasteiger partial charge in [0.25, 0.3) is 0 Å². The number of nitrogens with one attached hydrogen (secondary N) is 1. The van der Waals surface area contributed by atoms with Crippen molar-refractivity contribution in [3.05, 3.63) is 17.1 Å². The number of hydrogen-bond acceptors (Lipinski definition) is 4. The average molecular weight is 315 g/mol. The molecular weight excluding hydrogens is 290 g/mol. The van der Waals surface area contributed by atoms with Crippen LogP contribution < -0.4 is 4.72 Å². The van der Waals surface area contributed by atoms with Crippen LogP contribution in [0.1, 0.15) is 56.6 Å². The van der Waals surface area contributed by atoms with Gasteiger partial charge < -0.3 is 9.52 Å². The Balaban J connectivity index is 2.20. The fourth-order valence-electron chi connectivity index (χ4n) is 3.04. The molecule has 0 radical (unpaired) electrons. The van der Waals surface area contributed by atoms with Crippen LogP contribution in [0.3, 0.4) is 0 Å². The Hall–Kier alpha value is -0.850. The minimum absolute atomic E-state index is 0.0378. The van der Waals surface area contributed by atoms with Crippen molar-refractivity contribution >= 4 is 10.0 Å². The number of rotatable bonds is 4. The molecule has 0 aromatic carbocycles. The summed E-state index contributed by atoms with van der Waals surface area (Å²) >= 11 is 0. The normalized spacial score (nSPS) is 19.9. The molecule has 0 atom stereocenters. The summed E-state index contributed by atoms with van der Waals surface area (Å²) in [5.74, 6) is 0.792. The molecule has 2 rings (SSSR count). The van der Waals surface area contributed by atoms with Gasteiger partial charge in [-0.05, 0) is 44.9 Å². The Labute approximate surface area is 126 Å². The molecule has 120 valence electrons. The first-order chi connectivity index (χ1) is 9.66. The number of aliphatic hydroxyl groups is 1. The van der Waals surface area contributed by atoms with Gasteiger partial charge in [0.1, 0.15) is 16.4 Å². The van der Waals surface area contributed by atoms with Crippen molar-refractivity contribution < 1.29 is 17.9 Å². The van der Waals surface area contributed by atoms with E-state index in [4.69, 9.17) is 4.42 Å². The van der Waals surface area contributed by atoms with E-state index in [1.807, 2.05) is 0 Å². The van der Waals surface area contributed by atoms with E-state index in [0.29, 0.717) is 22.5 Å². The number of sulfonamides is 1. The molecule has 2 N–H and O–H groups in total. The van der Waals surface area contributed by atoms with Crippen molar-refractivity contribution in [1.29, 1.82) is 0 Å². The van der Waals surface area contributed by atoms with E-state index in [9.17, 15) is 13.5 Å². The second kappa shape index (κ2) is 5.74. The summed E-state index contributed by atoms with van der Waals surface area (Å²) in [7, 11) is -3.65. The van der Waals surface area contributed by atoms with E-state index in [0.717, 1.165) is 25.7 Å². The molecule has 0 spiro atoms. The van der Waals surface area contributed by atoms with E-state index >= 15 is 0 Å². The predicted octanol–water partition coefficient (Wildman–Crippen LogP) is 2.64. The molecule has 1 aromatic heterocycles. The molecule has 6 heteroatoms. The maximum absolute atomic E-state index is 12.6. The maximum atomic E-state index is 12.6. The molecule has 1 aromatic rings. The molecule has 0 unspecified atom stereocenters. The number of furan rings is 1. The predicted molar refractivity (Wildman–Crippen MR) is 80.5 cm³/mol. The molecule has 1 saturated carbocycles. The quantitative estimate of drug-likeness (QED) is 0.895. The minimum atomic E-state index is -3.65. The van der Waals surface area contributed by atoms with Gasteiger partial charge in [0.05, 0.1) is 6.61 Å². The van der Waals surface area contributed by atoms with E-state index in [1.54, 1.807) is 13.8 Å². The Kier molecular flexibility index (Phi) is 4.52. The van der Waals surface area contributed by atoms with Crippen LogP contribution in [0.15, 0.2) is 9.31 Å². The smallest absolute Gasteiger partial charge is 0.244 e. The van der Waals surface area contributed by atoms with Gasteiger partial charge in [-0.2, -0.15) is 0 Å². The van der Waals surface area contributed by atoms with E-state index in [1.165, 1.54) is 0 Å². The van der Waals surface area contributed by atoms with Gasteiger partial charge in [0, 0.05) is 11.6 Å². The molecule has 21 heavy (non-hydrogen) atoms. The Bertz CT molecular complexity index is 606. The van der Waals surface area contributed by atoms with Crippen LogP contribution >= 0.6 is 0 Å². The van der Waals surface area contributed by atoms with Crippen LogP contribution in [0, 0.1) is 19.3 Å². The van der Waals surface area contributed by atoms with Crippen LogP contribution in [0.4, 0.5) is 0 Å². The van der Waals surface area contributed by atoms with Gasteiger partial charge in [0.15, 0.2) is 0 Å². The Morgan fingerprint density at radius 2 is 1.81 bits per heavy atom. The van der Waals surface area contributed by atoms with E-state index in [-0.39, 0.29) is 17.5 Å². The average Bonchev–Trinajstić information content (AvgIpc) is 2.66. The van der Waals surface area contributed by atoms with Gasteiger partial charge in [0.2, 0.25) is 10.0 Å². The van der Waals surface area contributed by atoms with Gasteiger partial charge in [-0.1, -0.05) is 13.8 Å². The van der Waals surface area contributed by atoms with Crippen LogP contribution in [0.2, 0.25) is 0 Å². The lowest BCUT2D eigenvalue weighted by molar-refractivity contribution is 0.218. The summed E-state index contributed by atoms with van der Waals surface area (Å²) in [6.45, 7) is 7.37. The zero-order valence-corrected chi connectivity index (χ0v) is 14.0. The summed E-state index contributed by atoms with van der Waals surface area (Å²) in [5.41, 5.74) is 0.650. The van der Waals surface area contributed by atoms with Gasteiger partial charge in [-0.25, -0.2) is 13.1 Å². The van der Waals surface area contributed by atoms with Crippen LogP contribution in [-0.2, 0) is 16.6 Å². The van der Waals surface area contributed by atoms with Crippen LogP contribution in [-0.4, -0.2) is 19.6 Å². The highest BCUT2D eigenvalue weighted by Gasteiger charge is 2.32. The fraction of sp³-hybridized carbons (Fsp3) is 0.733. The third kappa shape index (κ3) is 3.49. The largest absolute Gasteiger partial charge is 0.465 e. The SMILES string of the molecule is Cc1oc(C)c(S(=O)(=O)NC2CCC(C)(C)CC2)c1CO. The maximum Gasteiger partial charge on any atom is 0.244 e. The third-order valence-corrected chi connectivity index (χ3v) is 6.13. The molecule has 0 bridgehead atoms. The van der Waals surface area contributed by atoms with Crippen molar-refractivity contribution in [3.63, 3.8) is 0 Å². The standard InChI is InChI=1S/C15H25NO4S/c1-10-13(9-17)14(11(2)20-10)21(18,19)16-12-5-7-15(3,4)8-6-12/h12,16-17H,5-9H2,1-4H3. The second-order valence-electron chi connectivity index (χ2n) is 6.74. The highest BCUT2D eigenvalue weighted by Crippen LogP contribution is 2.36. The van der Waals surface area contributed by atoms with Crippen LogP contribution in [0.5, 0.6) is 0 Å². The molecule has 1 fully saturated rings. The van der Waals surface area contributed by atoms with Gasteiger partial charge >= 0.3 is 0 Å². The van der Waals surface area contributed by atoms with Crippen molar-refractivity contribution in [2.75, 3.05) is 0 Å². The topological polar surface area (TPSA) is 79.5 Å². The lowest BCUT2D eigenvalue weighted by atomic mass is 9.76. The molecule has 1 heterocycles. The third-order valence-electron chi connectivity index (χ3n) is 4.41. The highest BCUT2D eigenvalue weighted by molar-refractivity contribution is 7.89. The molecule has 0 saturated heterocycles. The summed E-state index contributed by atoms with van der Waals surface area (Å²) in [6, 6.07) is -0.0378. The molecule has 1 aliphatic carbocycles.